The van der Waals surface area contributed by atoms with Gasteiger partial charge in [-0.15, -0.1) is 13.2 Å². The molecule has 0 aliphatic heterocycles. The normalized spacial score (nSPS) is 16.1. The molecule has 0 rings (SSSR count). The van der Waals surface area contributed by atoms with Crippen molar-refractivity contribution < 1.29 is 81.8 Å². The minimum Gasteiger partial charge on any atom is -0.481 e. The molecular formula is C44H69N13O17. The van der Waals surface area contributed by atoms with E-state index in [9.17, 15) is 71.9 Å². The Kier molecular flexibility index (Phi) is 29.2. The van der Waals surface area contributed by atoms with Gasteiger partial charge in [0.05, 0.1) is 43.4 Å². The zero-order valence-electron chi connectivity index (χ0n) is 42.0. The molecule has 17 N–H and O–H groups in total. The molecule has 0 radical (unpaired) electrons. The number of allylic oxidation sites excluding steroid dienone is 1. The van der Waals surface area contributed by atoms with Gasteiger partial charge in [-0.2, -0.15) is 0 Å². The molecule has 13 atom stereocenters. The van der Waals surface area contributed by atoms with Gasteiger partial charge in [0.25, 0.3) is 29.5 Å². The standard InChI is InChI=1S/C44H69N13O17/c1-10-12-13-26(60)51-24(8)38(67)56-37(50-20(4)18-59)43(72)57(16-11-2)31(34(65)23(7)47)41(70)55-36(49-19(3)17-58)42(71)53-28(32(63)21(5)45)39(68)52-29(35(66)25(48)14-15-27(61)62)40(69)54-30(44(73)74-9)33(64)22(6)46/h10-11,17-25,28-31,36-37,49-50H,1-2,12-16,45-48H2,3-9H3,(H,51,60)(H,52,68)(H,53,71)(H,54,69)(H,55,70)(H,56,67)(H,61,62)/t19-,20-,21-,22-,23-,24-,25-,28-,29-,30-,31-,36+,37+/m0/s1. The van der Waals surface area contributed by atoms with Crippen LogP contribution >= 0.6 is 0 Å². The Balaban J connectivity index is 7.54. The van der Waals surface area contributed by atoms with Crippen LogP contribution in [0.1, 0.15) is 67.2 Å². The molecule has 0 aromatic rings. The molecule has 0 unspecified atom stereocenters. The fourth-order valence-electron chi connectivity index (χ4n) is 6.10. The highest BCUT2D eigenvalue weighted by atomic mass is 16.5. The molecule has 0 saturated heterocycles. The number of ketones is 4. The Morgan fingerprint density at radius 3 is 1.49 bits per heavy atom. The van der Waals surface area contributed by atoms with Gasteiger partial charge in [-0.1, -0.05) is 12.2 Å². The predicted octanol–water partition coefficient (Wildman–Crippen LogP) is -7.78. The first-order valence-electron chi connectivity index (χ1n) is 22.7. The molecular weight excluding hydrogens is 983 g/mol. The Morgan fingerprint density at radius 1 is 0.568 bits per heavy atom. The molecule has 0 aliphatic rings. The Hall–Kier alpha value is -7.51. The first-order chi connectivity index (χ1) is 34.4. The fourth-order valence-corrected chi connectivity index (χ4v) is 6.10. The second-order valence-corrected chi connectivity index (χ2v) is 16.7. The summed E-state index contributed by atoms with van der Waals surface area (Å²) in [5.41, 5.74) is 23.2. The second-order valence-electron chi connectivity index (χ2n) is 16.7. The van der Waals surface area contributed by atoms with Crippen LogP contribution in [0.3, 0.4) is 0 Å². The molecule has 30 heteroatoms. The van der Waals surface area contributed by atoms with Crippen LogP contribution in [0.5, 0.6) is 0 Å². The van der Waals surface area contributed by atoms with E-state index >= 15 is 0 Å². The van der Waals surface area contributed by atoms with Crippen molar-refractivity contribution in [2.75, 3.05) is 13.7 Å². The third-order valence-corrected chi connectivity index (χ3v) is 10.2. The molecule has 74 heavy (non-hydrogen) atoms. The number of carbonyl (C=O) groups is 15. The van der Waals surface area contributed by atoms with Gasteiger partial charge in [0.15, 0.2) is 59.6 Å². The molecule has 7 amide bonds. The number of nitrogens with one attached hydrogen (secondary N) is 8. The van der Waals surface area contributed by atoms with Crippen LogP contribution in [-0.4, -0.2) is 191 Å². The van der Waals surface area contributed by atoms with E-state index in [0.717, 1.165) is 40.9 Å². The second kappa shape index (κ2) is 32.5. The number of carboxylic acid groups (broad SMARTS) is 1. The molecule has 0 aromatic carbocycles. The number of nitrogens with zero attached hydrogens (tertiary/aromatic N) is 1. The minimum absolute atomic E-state index is 0.0461. The lowest BCUT2D eigenvalue weighted by atomic mass is 9.98. The maximum atomic E-state index is 14.4. The highest BCUT2D eigenvalue weighted by Crippen LogP contribution is 2.10. The van der Waals surface area contributed by atoms with Crippen LogP contribution < -0.4 is 65.5 Å². The van der Waals surface area contributed by atoms with Crippen LogP contribution in [0, 0.1) is 0 Å². The van der Waals surface area contributed by atoms with Crippen molar-refractivity contribution in [3.8, 4) is 0 Å². The number of carbonyl (C=O) groups excluding carboxylic acids is 14. The number of esters is 1. The fraction of sp³-hybridized carbons (Fsp3) is 0.568. The summed E-state index contributed by atoms with van der Waals surface area (Å²) >= 11 is 0. The van der Waals surface area contributed by atoms with Gasteiger partial charge in [-0.05, 0) is 54.4 Å². The number of aldehydes is 2. The highest BCUT2D eigenvalue weighted by molar-refractivity contribution is 6.17. The van der Waals surface area contributed by atoms with Crippen LogP contribution in [0.25, 0.3) is 0 Å². The van der Waals surface area contributed by atoms with E-state index in [2.05, 4.69) is 44.5 Å². The number of ether oxygens (including phenoxy) is 1. The lowest BCUT2D eigenvalue weighted by Gasteiger charge is -2.35. The number of Topliss-reactive ketones (excluding diaryl/α,β-unsaturated/α-hetero) is 4. The summed E-state index contributed by atoms with van der Waals surface area (Å²) in [6.45, 7) is 13.4. The largest absolute Gasteiger partial charge is 0.481 e. The van der Waals surface area contributed by atoms with Crippen molar-refractivity contribution >= 4 is 89.0 Å². The van der Waals surface area contributed by atoms with Crippen molar-refractivity contribution in [2.24, 2.45) is 22.9 Å². The zero-order chi connectivity index (χ0) is 57.3. The van der Waals surface area contributed by atoms with Crippen molar-refractivity contribution in [3.63, 3.8) is 0 Å². The van der Waals surface area contributed by atoms with E-state index in [1.165, 1.54) is 19.9 Å². The molecule has 0 saturated carbocycles. The summed E-state index contributed by atoms with van der Waals surface area (Å²) in [4.78, 5) is 198. The first kappa shape index (κ1) is 66.5. The van der Waals surface area contributed by atoms with Gasteiger partial charge in [-0.25, -0.2) is 4.79 Å². The van der Waals surface area contributed by atoms with Crippen LogP contribution in [0.2, 0.25) is 0 Å². The van der Waals surface area contributed by atoms with Gasteiger partial charge in [-0.3, -0.25) is 68.2 Å². The number of methoxy groups -OCH3 is 1. The van der Waals surface area contributed by atoms with Gasteiger partial charge in [0, 0.05) is 19.4 Å². The number of amides is 7. The minimum atomic E-state index is -2.57. The molecule has 0 bridgehead atoms. The molecule has 0 aromatic heterocycles. The van der Waals surface area contributed by atoms with Crippen molar-refractivity contribution in [3.05, 3.63) is 25.3 Å². The average molecular weight is 1050 g/mol. The van der Waals surface area contributed by atoms with Crippen molar-refractivity contribution in [1.82, 2.24) is 47.4 Å². The number of hydrogen-bond donors (Lipinski definition) is 13. The molecule has 30 nitrogen and oxygen atoms in total. The lowest BCUT2D eigenvalue weighted by molar-refractivity contribution is -0.150. The molecule has 0 spiro atoms. The predicted molar refractivity (Wildman–Crippen MR) is 258 cm³/mol. The van der Waals surface area contributed by atoms with Crippen molar-refractivity contribution in [1.29, 1.82) is 0 Å². The summed E-state index contributed by atoms with van der Waals surface area (Å²) < 4.78 is 4.54. The van der Waals surface area contributed by atoms with Gasteiger partial charge in [0.1, 0.15) is 18.6 Å². The third-order valence-electron chi connectivity index (χ3n) is 10.2. The van der Waals surface area contributed by atoms with Crippen LogP contribution in [0.4, 0.5) is 0 Å². The van der Waals surface area contributed by atoms with E-state index in [4.69, 9.17) is 28.0 Å². The average Bonchev–Trinajstić information content (AvgIpc) is 3.34. The van der Waals surface area contributed by atoms with Gasteiger partial charge >= 0.3 is 11.9 Å². The first-order valence-corrected chi connectivity index (χ1v) is 22.7. The van der Waals surface area contributed by atoms with E-state index in [1.807, 2.05) is 16.0 Å². The maximum absolute atomic E-state index is 14.4. The number of nitrogens with two attached hydrogens (primary N) is 4. The Labute approximate surface area is 425 Å². The lowest BCUT2D eigenvalue weighted by Crippen LogP contribution is -2.68. The highest BCUT2D eigenvalue weighted by Gasteiger charge is 2.44. The number of hydrogen-bond acceptors (Lipinski definition) is 22. The van der Waals surface area contributed by atoms with E-state index in [1.54, 1.807) is 0 Å². The topological polar surface area (TPSA) is 489 Å². The zero-order valence-corrected chi connectivity index (χ0v) is 42.0. The van der Waals surface area contributed by atoms with Gasteiger partial charge < -0.3 is 79.2 Å². The molecule has 0 fully saturated rings. The summed E-state index contributed by atoms with van der Waals surface area (Å²) in [7, 11) is 0.829. The van der Waals surface area contributed by atoms with E-state index < -0.39 is 175 Å². The smallest absolute Gasteiger partial charge is 0.336 e. The monoisotopic (exact) mass is 1050 g/mol. The number of rotatable bonds is 36. The van der Waals surface area contributed by atoms with E-state index in [-0.39, 0.29) is 19.1 Å². The quantitative estimate of drug-likeness (QED) is 0.00911. The number of carboxylic acids is 1. The van der Waals surface area contributed by atoms with Gasteiger partial charge in [0.2, 0.25) is 11.8 Å². The van der Waals surface area contributed by atoms with Crippen LogP contribution in [0.15, 0.2) is 25.3 Å². The molecule has 0 heterocycles. The number of aliphatic carboxylic acids is 1. The maximum Gasteiger partial charge on any atom is 0.336 e. The Morgan fingerprint density at radius 2 is 1.03 bits per heavy atom. The summed E-state index contributed by atoms with van der Waals surface area (Å²) in [5, 5.41) is 26.6. The summed E-state index contributed by atoms with van der Waals surface area (Å²) in [5.74, 6) is -17.3. The summed E-state index contributed by atoms with van der Waals surface area (Å²) in [6, 6.07) is -20.0. The molecule has 412 valence electrons. The SMILES string of the molecule is C=CCCC(=O)N[C@@H](C)C(=O)N[C@@H](N[C@@H](C)C=O)C(=O)N(CC=C)[C@H](C(=O)N[C@@H](N[C@@H](C)C=O)C(=O)N[C@H](C(=O)N[C@H](C(=O)N[C@H](C(=O)OC)C(=O)[C@H](C)N)C(=O)[C@@H](N)CCC(=O)O)C(=O)[C@H](C)N)C(=O)[C@H](C)N. The van der Waals surface area contributed by atoms with E-state index in [0.29, 0.717) is 11.2 Å². The van der Waals surface area contributed by atoms with Crippen molar-refractivity contribution in [2.45, 2.75) is 146 Å². The Bertz CT molecular complexity index is 2140. The summed E-state index contributed by atoms with van der Waals surface area (Å²) in [6.07, 6.45) is -2.31. The van der Waals surface area contributed by atoms with Crippen LogP contribution in [-0.2, 0) is 76.7 Å². The molecule has 0 aliphatic carbocycles. The third kappa shape index (κ3) is 21.3.